The summed E-state index contributed by atoms with van der Waals surface area (Å²) in [5.74, 6) is -0.561. The molecule has 0 aromatic carbocycles. The number of nitrogens with zero attached hydrogens (tertiary/aromatic N) is 1. The fourth-order valence-corrected chi connectivity index (χ4v) is 4.72. The molecule has 0 aliphatic rings. The first kappa shape index (κ1) is 37.9. The van der Waals surface area contributed by atoms with Crippen LogP contribution < -0.4 is 51.4 Å². The molecule has 0 aromatic rings. The number of carbonyl (C=O) groups excluding carboxylic acids is 1. The summed E-state index contributed by atoms with van der Waals surface area (Å²) in [4.78, 5) is 13.4. The number of amides is 1. The first-order valence-corrected chi connectivity index (χ1v) is 15.8. The van der Waals surface area contributed by atoms with Gasteiger partial charge in [0.2, 0.25) is 5.91 Å². The van der Waals surface area contributed by atoms with Crippen molar-refractivity contribution in [1.29, 1.82) is 0 Å². The minimum absolute atomic E-state index is 0. The Morgan fingerprint density at radius 2 is 1.06 bits per heavy atom. The van der Waals surface area contributed by atoms with Crippen molar-refractivity contribution in [2.75, 3.05) is 19.3 Å². The third-order valence-electron chi connectivity index (χ3n) is 6.50. The van der Waals surface area contributed by atoms with E-state index in [-0.39, 0.29) is 70.3 Å². The van der Waals surface area contributed by atoms with Gasteiger partial charge in [0.05, 0.1) is 10.1 Å². The first-order chi connectivity index (χ1) is 16.4. The van der Waals surface area contributed by atoms with Gasteiger partial charge in [-0.05, 0) is 25.3 Å². The Morgan fingerprint density at radius 3 is 1.43 bits per heavy atom. The van der Waals surface area contributed by atoms with E-state index < -0.39 is 15.9 Å². The molecule has 0 aliphatic carbocycles. The zero-order chi connectivity index (χ0) is 25.3. The molecule has 0 saturated carbocycles. The number of unbranched alkanes of at least 4 members (excludes halogenated alkanes) is 19. The van der Waals surface area contributed by atoms with Crippen molar-refractivity contribution in [1.82, 2.24) is 4.90 Å². The molecule has 1 amide bonds. The fraction of sp³-hybridized carbons (Fsp3) is 0.893. The predicted octanol–water partition coefficient (Wildman–Crippen LogP) is 4.76. The van der Waals surface area contributed by atoms with E-state index in [1.807, 2.05) is 6.08 Å². The van der Waals surface area contributed by atoms with Crippen LogP contribution in [0.25, 0.3) is 0 Å². The van der Waals surface area contributed by atoms with E-state index in [0.29, 0.717) is 0 Å². The predicted molar refractivity (Wildman–Crippen MR) is 144 cm³/mol. The summed E-state index contributed by atoms with van der Waals surface area (Å²) >= 11 is 0. The van der Waals surface area contributed by atoms with Crippen LogP contribution in [0.15, 0.2) is 12.2 Å². The van der Waals surface area contributed by atoms with E-state index in [0.717, 1.165) is 12.8 Å². The largest absolute Gasteiger partial charge is 1.00 e. The van der Waals surface area contributed by atoms with E-state index in [1.165, 1.54) is 120 Å². The normalized spacial score (nSPS) is 11.6. The molecule has 0 aliphatic heterocycles. The minimum atomic E-state index is -4.20. The summed E-state index contributed by atoms with van der Waals surface area (Å²) in [5.41, 5.74) is 0. The molecule has 0 bridgehead atoms. The monoisotopic (exact) mass is 539 g/mol. The van der Waals surface area contributed by atoms with Gasteiger partial charge < -0.3 is 9.45 Å². The van der Waals surface area contributed by atoms with Gasteiger partial charge in [-0.2, -0.15) is 0 Å². The Bertz CT molecular complexity index is 596. The summed E-state index contributed by atoms with van der Waals surface area (Å²) in [6.45, 7) is 2.56. The maximum atomic E-state index is 11.9. The molecule has 0 heterocycles. The molecule has 0 radical (unpaired) electrons. The molecule has 0 atom stereocenters. The maximum absolute atomic E-state index is 11.9. The van der Waals surface area contributed by atoms with Gasteiger partial charge in [0, 0.05) is 19.3 Å². The van der Waals surface area contributed by atoms with Crippen LogP contribution in [0.4, 0.5) is 0 Å². The van der Waals surface area contributed by atoms with Crippen molar-refractivity contribution in [3.05, 3.63) is 12.2 Å². The molecular weight excluding hydrogens is 485 g/mol. The Hall–Kier alpha value is 0.756. The van der Waals surface area contributed by atoms with Gasteiger partial charge in [0.1, 0.15) is 0 Å². The van der Waals surface area contributed by atoms with E-state index in [9.17, 15) is 17.8 Å². The van der Waals surface area contributed by atoms with Crippen molar-refractivity contribution < 1.29 is 69.1 Å². The molecule has 5 nitrogen and oxygen atoms in total. The van der Waals surface area contributed by atoms with Crippen molar-refractivity contribution in [2.24, 2.45) is 0 Å². The standard InChI is InChI=1S/C28H55NO4S.K/c1-3-4-5-6-7-8-9-10-11-12-13-14-15-16-17-18-19-20-21-22-23-25-28(30)29(2)26-24-27-34(31,32)33;/h23,25H,3-22,24,26-27H2,1-2H3,(H,31,32,33);/q;+1/p-1/b25-23+;. The maximum Gasteiger partial charge on any atom is 1.00 e. The van der Waals surface area contributed by atoms with E-state index in [2.05, 4.69) is 6.92 Å². The first-order valence-electron chi connectivity index (χ1n) is 14.2. The van der Waals surface area contributed by atoms with E-state index in [1.54, 1.807) is 13.1 Å². The average molecular weight is 540 g/mol. The molecule has 0 N–H and O–H groups in total. The minimum Gasteiger partial charge on any atom is -0.748 e. The van der Waals surface area contributed by atoms with Crippen LogP contribution in [0.1, 0.15) is 142 Å². The second-order valence-electron chi connectivity index (χ2n) is 9.93. The number of rotatable bonds is 25. The molecule has 0 fully saturated rings. The van der Waals surface area contributed by atoms with Crippen LogP contribution in [-0.4, -0.2) is 43.1 Å². The molecule has 35 heavy (non-hydrogen) atoms. The van der Waals surface area contributed by atoms with Gasteiger partial charge in [-0.15, -0.1) is 0 Å². The number of allylic oxidation sites excluding steroid dienone is 1. The molecule has 0 aromatic heterocycles. The topological polar surface area (TPSA) is 77.5 Å². The molecule has 0 saturated heterocycles. The summed E-state index contributed by atoms with van der Waals surface area (Å²) in [6.07, 6.45) is 30.5. The quantitative estimate of drug-likeness (QED) is 0.0725. The number of likely N-dealkylation sites (N-methyl/N-ethyl adjacent to an activating group) is 1. The van der Waals surface area contributed by atoms with Crippen LogP contribution in [0.2, 0.25) is 0 Å². The SMILES string of the molecule is CCCCCCCCCCCCCCCCCCCCC/C=C/C(=O)N(C)CCCS(=O)(=O)[O-].[K+]. The summed E-state index contributed by atoms with van der Waals surface area (Å²) in [7, 11) is -2.57. The van der Waals surface area contributed by atoms with E-state index >= 15 is 0 Å². The van der Waals surface area contributed by atoms with Gasteiger partial charge in [-0.3, -0.25) is 4.79 Å². The van der Waals surface area contributed by atoms with Crippen LogP contribution in [0, 0.1) is 0 Å². The van der Waals surface area contributed by atoms with Crippen molar-refractivity contribution in [3.8, 4) is 0 Å². The molecule has 202 valence electrons. The Kier molecular flexibility index (Phi) is 30.1. The smallest absolute Gasteiger partial charge is 0.748 e. The second-order valence-corrected chi connectivity index (χ2v) is 11.5. The van der Waals surface area contributed by atoms with Crippen LogP contribution in [0.3, 0.4) is 0 Å². The van der Waals surface area contributed by atoms with Gasteiger partial charge in [-0.25, -0.2) is 8.42 Å². The van der Waals surface area contributed by atoms with Crippen molar-refractivity contribution in [2.45, 2.75) is 142 Å². The van der Waals surface area contributed by atoms with Crippen molar-refractivity contribution >= 4 is 16.0 Å². The third kappa shape index (κ3) is 30.9. The fourth-order valence-electron chi connectivity index (χ4n) is 4.24. The number of hydrogen-bond donors (Lipinski definition) is 0. The number of carbonyl (C=O) groups is 1. The van der Waals surface area contributed by atoms with Crippen LogP contribution in [0.5, 0.6) is 0 Å². The van der Waals surface area contributed by atoms with Gasteiger partial charge in [0.25, 0.3) is 0 Å². The summed E-state index contributed by atoms with van der Waals surface area (Å²) < 4.78 is 31.7. The van der Waals surface area contributed by atoms with E-state index in [4.69, 9.17) is 0 Å². The summed E-state index contributed by atoms with van der Waals surface area (Å²) in [6, 6.07) is 0. The van der Waals surface area contributed by atoms with Gasteiger partial charge in [0.15, 0.2) is 0 Å². The van der Waals surface area contributed by atoms with Gasteiger partial charge in [-0.1, -0.05) is 129 Å². The molecule has 0 spiro atoms. The second kappa shape index (κ2) is 27.8. The molecule has 0 rings (SSSR count). The third-order valence-corrected chi connectivity index (χ3v) is 7.29. The van der Waals surface area contributed by atoms with Gasteiger partial charge >= 0.3 is 51.4 Å². The number of hydrogen-bond acceptors (Lipinski definition) is 4. The zero-order valence-corrected chi connectivity index (χ0v) is 27.3. The van der Waals surface area contributed by atoms with Crippen molar-refractivity contribution in [3.63, 3.8) is 0 Å². The average Bonchev–Trinajstić information content (AvgIpc) is 2.79. The summed E-state index contributed by atoms with van der Waals surface area (Å²) in [5, 5.41) is 0. The Labute approximate surface area is 260 Å². The van der Waals surface area contributed by atoms with Crippen LogP contribution in [-0.2, 0) is 14.9 Å². The zero-order valence-electron chi connectivity index (χ0n) is 23.4. The molecule has 7 heteroatoms. The Morgan fingerprint density at radius 1 is 0.686 bits per heavy atom. The molecule has 0 unspecified atom stereocenters. The molecular formula is C28H54KNO4S. The Balaban J connectivity index is 0. The van der Waals surface area contributed by atoms with Crippen LogP contribution >= 0.6 is 0 Å².